The van der Waals surface area contributed by atoms with Crippen LogP contribution in [-0.2, 0) is 17.6 Å². The van der Waals surface area contributed by atoms with E-state index in [0.717, 1.165) is 34.7 Å². The maximum absolute atomic E-state index is 12.2. The van der Waals surface area contributed by atoms with E-state index < -0.39 is 0 Å². The van der Waals surface area contributed by atoms with Crippen LogP contribution in [0.4, 0.5) is 0 Å². The van der Waals surface area contributed by atoms with Crippen molar-refractivity contribution in [1.29, 1.82) is 0 Å². The summed E-state index contributed by atoms with van der Waals surface area (Å²) in [5.74, 6) is 1.87. The van der Waals surface area contributed by atoms with Crippen molar-refractivity contribution in [3.63, 3.8) is 0 Å². The third-order valence-corrected chi connectivity index (χ3v) is 4.90. The second-order valence-corrected chi connectivity index (χ2v) is 6.89. The van der Waals surface area contributed by atoms with Crippen molar-refractivity contribution in [1.82, 2.24) is 15.3 Å². The van der Waals surface area contributed by atoms with Gasteiger partial charge in [-0.2, -0.15) is 4.98 Å². The van der Waals surface area contributed by atoms with Crippen LogP contribution in [0.1, 0.15) is 28.9 Å². The summed E-state index contributed by atoms with van der Waals surface area (Å²) in [6, 6.07) is 5.83. The minimum atomic E-state index is -0.353. The molecule has 1 aliphatic rings. The molecule has 2 heterocycles. The number of nitrogens with zero attached hydrogens (tertiary/aromatic N) is 1. The topological polar surface area (TPSA) is 93.3 Å². The first kappa shape index (κ1) is 18.9. The molecular formula is C20H25N3O4. The average Bonchev–Trinajstić information content (AvgIpc) is 2.64. The number of aromatic amines is 1. The van der Waals surface area contributed by atoms with E-state index in [9.17, 15) is 9.59 Å². The molecule has 0 unspecified atom stereocenters. The number of carbonyl (C=O) groups excluding carboxylic acids is 1. The van der Waals surface area contributed by atoms with Gasteiger partial charge < -0.3 is 19.8 Å². The standard InChI is InChI=1S/C20H25N3O4/c1-12-17(13(2)23-20(25)22-12)6-7-19(24)21-10-14-8-15-4-5-16(26-3)9-18(15)27-11-14/h4-5,9,14H,6-8,10-11H2,1-3H3,(H,21,24)(H,22,23,25)/t14-/m1/s1. The number of nitrogens with one attached hydrogen (secondary N) is 2. The average molecular weight is 371 g/mol. The first-order chi connectivity index (χ1) is 13.0. The van der Waals surface area contributed by atoms with Gasteiger partial charge in [0.1, 0.15) is 11.5 Å². The van der Waals surface area contributed by atoms with E-state index in [2.05, 4.69) is 15.3 Å². The molecule has 0 bridgehead atoms. The Hall–Kier alpha value is -2.83. The predicted octanol–water partition coefficient (Wildman–Crippen LogP) is 1.70. The number of hydrogen-bond donors (Lipinski definition) is 2. The highest BCUT2D eigenvalue weighted by atomic mass is 16.5. The van der Waals surface area contributed by atoms with Crippen molar-refractivity contribution in [2.75, 3.05) is 20.3 Å². The van der Waals surface area contributed by atoms with Crippen LogP contribution in [0, 0.1) is 19.8 Å². The Labute approximate surface area is 158 Å². The normalized spacial score (nSPS) is 15.6. The molecule has 144 valence electrons. The van der Waals surface area contributed by atoms with E-state index in [1.54, 1.807) is 14.0 Å². The fourth-order valence-corrected chi connectivity index (χ4v) is 3.38. The lowest BCUT2D eigenvalue weighted by Gasteiger charge is -2.25. The number of methoxy groups -OCH3 is 1. The molecule has 0 radical (unpaired) electrons. The van der Waals surface area contributed by atoms with E-state index >= 15 is 0 Å². The van der Waals surface area contributed by atoms with Crippen molar-refractivity contribution in [2.24, 2.45) is 5.92 Å². The van der Waals surface area contributed by atoms with E-state index in [0.29, 0.717) is 31.7 Å². The summed E-state index contributed by atoms with van der Waals surface area (Å²) in [5.41, 5.74) is 3.15. The van der Waals surface area contributed by atoms with E-state index in [4.69, 9.17) is 9.47 Å². The number of ether oxygens (including phenoxy) is 2. The van der Waals surface area contributed by atoms with Crippen molar-refractivity contribution >= 4 is 5.91 Å². The third-order valence-electron chi connectivity index (χ3n) is 4.90. The van der Waals surface area contributed by atoms with Gasteiger partial charge in [-0.05, 0) is 43.9 Å². The Morgan fingerprint density at radius 3 is 2.96 bits per heavy atom. The number of fused-ring (bicyclic) bond motifs is 1. The molecule has 27 heavy (non-hydrogen) atoms. The van der Waals surface area contributed by atoms with Crippen LogP contribution in [0.2, 0.25) is 0 Å². The maximum Gasteiger partial charge on any atom is 0.345 e. The van der Waals surface area contributed by atoms with Gasteiger partial charge in [0.15, 0.2) is 0 Å². The van der Waals surface area contributed by atoms with Crippen LogP contribution in [0.3, 0.4) is 0 Å². The van der Waals surface area contributed by atoms with Crippen LogP contribution in [0.25, 0.3) is 0 Å². The van der Waals surface area contributed by atoms with Crippen LogP contribution in [0.5, 0.6) is 11.5 Å². The summed E-state index contributed by atoms with van der Waals surface area (Å²) in [6.07, 6.45) is 1.77. The van der Waals surface area contributed by atoms with Gasteiger partial charge in [0, 0.05) is 36.3 Å². The molecule has 0 spiro atoms. The summed E-state index contributed by atoms with van der Waals surface area (Å²) >= 11 is 0. The molecule has 0 aliphatic carbocycles. The van der Waals surface area contributed by atoms with Gasteiger partial charge in [0.25, 0.3) is 0 Å². The number of H-pyrrole nitrogens is 1. The maximum atomic E-state index is 12.2. The number of hydrogen-bond acceptors (Lipinski definition) is 5. The highest BCUT2D eigenvalue weighted by molar-refractivity contribution is 5.76. The number of carbonyl (C=O) groups is 1. The van der Waals surface area contributed by atoms with E-state index in [-0.39, 0.29) is 17.5 Å². The zero-order chi connectivity index (χ0) is 19.4. The number of aromatic nitrogens is 2. The first-order valence-corrected chi connectivity index (χ1v) is 9.09. The summed E-state index contributed by atoms with van der Waals surface area (Å²) in [5, 5.41) is 2.99. The number of amides is 1. The van der Waals surface area contributed by atoms with Crippen LogP contribution < -0.4 is 20.5 Å². The summed E-state index contributed by atoms with van der Waals surface area (Å²) < 4.78 is 11.0. The van der Waals surface area contributed by atoms with Crippen molar-refractivity contribution in [3.05, 3.63) is 51.2 Å². The van der Waals surface area contributed by atoms with Crippen LogP contribution >= 0.6 is 0 Å². The van der Waals surface area contributed by atoms with Crippen molar-refractivity contribution < 1.29 is 14.3 Å². The molecule has 0 saturated heterocycles. The molecule has 2 N–H and O–H groups in total. The van der Waals surface area contributed by atoms with Gasteiger partial charge in [-0.15, -0.1) is 0 Å². The fourth-order valence-electron chi connectivity index (χ4n) is 3.38. The Kier molecular flexibility index (Phi) is 5.78. The molecule has 0 saturated carbocycles. The lowest BCUT2D eigenvalue weighted by atomic mass is 9.96. The molecule has 2 aromatic rings. The number of benzene rings is 1. The smallest absolute Gasteiger partial charge is 0.345 e. The molecule has 7 heteroatoms. The fraction of sp³-hybridized carbons (Fsp3) is 0.450. The van der Waals surface area contributed by atoms with Crippen LogP contribution in [0.15, 0.2) is 23.0 Å². The molecule has 7 nitrogen and oxygen atoms in total. The monoisotopic (exact) mass is 371 g/mol. The molecule has 3 rings (SSSR count). The lowest BCUT2D eigenvalue weighted by molar-refractivity contribution is -0.121. The molecule has 1 aromatic heterocycles. The SMILES string of the molecule is COc1ccc2c(c1)OC[C@@H](CNC(=O)CCc1c(C)nc(=O)[nH]c1C)C2. The second kappa shape index (κ2) is 8.24. The van der Waals surface area contributed by atoms with Gasteiger partial charge in [0.05, 0.1) is 13.7 Å². The van der Waals surface area contributed by atoms with Crippen molar-refractivity contribution in [2.45, 2.75) is 33.1 Å². The van der Waals surface area contributed by atoms with Gasteiger partial charge >= 0.3 is 5.69 Å². The Balaban J connectivity index is 1.49. The zero-order valence-corrected chi connectivity index (χ0v) is 15.9. The Morgan fingerprint density at radius 1 is 1.41 bits per heavy atom. The predicted molar refractivity (Wildman–Crippen MR) is 101 cm³/mol. The summed E-state index contributed by atoms with van der Waals surface area (Å²) in [4.78, 5) is 30.1. The Bertz CT molecular complexity index is 865. The van der Waals surface area contributed by atoms with Gasteiger partial charge in [-0.3, -0.25) is 4.79 Å². The molecule has 0 fully saturated rings. The first-order valence-electron chi connectivity index (χ1n) is 9.09. The highest BCUT2D eigenvalue weighted by Gasteiger charge is 2.21. The van der Waals surface area contributed by atoms with E-state index in [1.165, 1.54) is 0 Å². The molecule has 1 aliphatic heterocycles. The third kappa shape index (κ3) is 4.67. The van der Waals surface area contributed by atoms with Gasteiger partial charge in [-0.1, -0.05) is 6.07 Å². The summed E-state index contributed by atoms with van der Waals surface area (Å²) in [7, 11) is 1.63. The van der Waals surface area contributed by atoms with Crippen molar-refractivity contribution in [3.8, 4) is 11.5 Å². The quantitative estimate of drug-likeness (QED) is 0.806. The largest absolute Gasteiger partial charge is 0.497 e. The summed E-state index contributed by atoms with van der Waals surface area (Å²) in [6.45, 7) is 4.77. The zero-order valence-electron chi connectivity index (χ0n) is 15.9. The second-order valence-electron chi connectivity index (χ2n) is 6.89. The molecular weight excluding hydrogens is 346 g/mol. The van der Waals surface area contributed by atoms with Gasteiger partial charge in [0.2, 0.25) is 5.91 Å². The van der Waals surface area contributed by atoms with Gasteiger partial charge in [-0.25, -0.2) is 4.79 Å². The Morgan fingerprint density at radius 2 is 2.22 bits per heavy atom. The minimum Gasteiger partial charge on any atom is -0.497 e. The highest BCUT2D eigenvalue weighted by Crippen LogP contribution is 2.30. The number of rotatable bonds is 6. The molecule has 1 atom stereocenters. The van der Waals surface area contributed by atoms with E-state index in [1.807, 2.05) is 25.1 Å². The molecule has 1 aromatic carbocycles. The minimum absolute atomic E-state index is 0.0134. The molecule has 1 amide bonds. The van der Waals surface area contributed by atoms with Crippen LogP contribution in [-0.4, -0.2) is 36.1 Å². The number of aryl methyl sites for hydroxylation is 2. The lowest BCUT2D eigenvalue weighted by Crippen LogP contribution is -2.35.